The molecule has 20 heavy (non-hydrogen) atoms. The number of nitrogens with zero attached hydrogens (tertiary/aromatic N) is 1. The summed E-state index contributed by atoms with van der Waals surface area (Å²) < 4.78 is 31.4. The van der Waals surface area contributed by atoms with E-state index in [1.807, 2.05) is 0 Å². The monoisotopic (exact) mass is 299 g/mol. The Labute approximate surface area is 120 Å². The van der Waals surface area contributed by atoms with E-state index in [9.17, 15) is 8.42 Å². The first kappa shape index (κ1) is 15.1. The average molecular weight is 299 g/mol. The molecule has 0 bridgehead atoms. The van der Waals surface area contributed by atoms with Gasteiger partial charge in [0.15, 0.2) is 0 Å². The molecule has 1 fully saturated rings. The van der Waals surface area contributed by atoms with Crippen LogP contribution >= 0.6 is 0 Å². The summed E-state index contributed by atoms with van der Waals surface area (Å²) in [5.41, 5.74) is 7.35. The van der Waals surface area contributed by atoms with Crippen LogP contribution in [0.2, 0.25) is 0 Å². The summed E-state index contributed by atoms with van der Waals surface area (Å²) in [4.78, 5) is 2.34. The van der Waals surface area contributed by atoms with Gasteiger partial charge in [-0.25, -0.2) is 13.1 Å². The Morgan fingerprint density at radius 2 is 2.00 bits per heavy atom. The molecule has 0 spiro atoms. The van der Waals surface area contributed by atoms with Gasteiger partial charge in [0.1, 0.15) is 0 Å². The number of anilines is 2. The summed E-state index contributed by atoms with van der Waals surface area (Å²) in [7, 11) is -0.333. The maximum Gasteiger partial charge on any atom is 0.240 e. The molecule has 0 atom stereocenters. The maximum absolute atomic E-state index is 11.9. The normalized spacial score (nSPS) is 17.4. The molecule has 112 valence electrons. The highest BCUT2D eigenvalue weighted by molar-refractivity contribution is 7.89. The molecule has 0 aliphatic carbocycles. The Kier molecular flexibility index (Phi) is 4.52. The van der Waals surface area contributed by atoms with Crippen molar-refractivity contribution in [2.45, 2.75) is 23.8 Å². The van der Waals surface area contributed by atoms with Gasteiger partial charge in [-0.2, -0.15) is 0 Å². The van der Waals surface area contributed by atoms with Gasteiger partial charge in [-0.05, 0) is 38.1 Å². The second-order valence-electron chi connectivity index (χ2n) is 4.85. The molecule has 3 N–H and O–H groups in total. The van der Waals surface area contributed by atoms with Crippen LogP contribution in [0.25, 0.3) is 0 Å². The minimum atomic E-state index is -3.45. The first-order chi connectivity index (χ1) is 9.47. The van der Waals surface area contributed by atoms with Gasteiger partial charge in [0.2, 0.25) is 10.0 Å². The van der Waals surface area contributed by atoms with Crippen molar-refractivity contribution in [2.24, 2.45) is 0 Å². The molecule has 0 unspecified atom stereocenters. The zero-order valence-electron chi connectivity index (χ0n) is 11.8. The van der Waals surface area contributed by atoms with E-state index in [1.54, 1.807) is 19.2 Å². The molecule has 1 aliphatic heterocycles. The second-order valence-corrected chi connectivity index (χ2v) is 6.74. The minimum absolute atomic E-state index is 0.234. The molecule has 1 saturated heterocycles. The Morgan fingerprint density at radius 1 is 1.35 bits per heavy atom. The SMILES string of the molecule is CNS(=O)(=O)c1ccc(N)c(N2CCC(OC)CC2)c1. The zero-order chi connectivity index (χ0) is 14.8. The van der Waals surface area contributed by atoms with E-state index in [0.717, 1.165) is 31.6 Å². The molecule has 1 aromatic rings. The van der Waals surface area contributed by atoms with Gasteiger partial charge in [0, 0.05) is 20.2 Å². The lowest BCUT2D eigenvalue weighted by molar-refractivity contribution is 0.0819. The Bertz CT molecular complexity index is 566. The summed E-state index contributed by atoms with van der Waals surface area (Å²) >= 11 is 0. The van der Waals surface area contributed by atoms with Crippen molar-refractivity contribution in [2.75, 3.05) is 37.9 Å². The van der Waals surface area contributed by atoms with Gasteiger partial charge in [0.25, 0.3) is 0 Å². The van der Waals surface area contributed by atoms with E-state index in [4.69, 9.17) is 10.5 Å². The molecule has 1 aromatic carbocycles. The summed E-state index contributed by atoms with van der Waals surface area (Å²) in [6.07, 6.45) is 2.11. The molecule has 2 rings (SSSR count). The van der Waals surface area contributed by atoms with Crippen molar-refractivity contribution in [3.63, 3.8) is 0 Å². The molecule has 0 amide bonds. The molecule has 1 heterocycles. The van der Waals surface area contributed by atoms with E-state index < -0.39 is 10.0 Å². The third-order valence-corrected chi connectivity index (χ3v) is 5.11. The fourth-order valence-electron chi connectivity index (χ4n) is 2.41. The van der Waals surface area contributed by atoms with Gasteiger partial charge in [0.05, 0.1) is 22.4 Å². The quantitative estimate of drug-likeness (QED) is 0.803. The van der Waals surface area contributed by atoms with Crippen molar-refractivity contribution < 1.29 is 13.2 Å². The predicted octanol–water partition coefficient (Wildman–Crippen LogP) is 0.792. The predicted molar refractivity (Wildman–Crippen MR) is 79.3 cm³/mol. The average Bonchev–Trinajstić information content (AvgIpc) is 2.47. The molecule has 0 saturated carbocycles. The summed E-state index contributed by atoms with van der Waals surface area (Å²) in [5.74, 6) is 0. The van der Waals surface area contributed by atoms with Crippen LogP contribution in [0, 0.1) is 0 Å². The van der Waals surface area contributed by atoms with Crippen molar-refractivity contribution in [1.82, 2.24) is 4.72 Å². The van der Waals surface area contributed by atoms with Crippen molar-refractivity contribution >= 4 is 21.4 Å². The van der Waals surface area contributed by atoms with Crippen LogP contribution in [0.3, 0.4) is 0 Å². The number of sulfonamides is 1. The smallest absolute Gasteiger partial charge is 0.240 e. The van der Waals surface area contributed by atoms with E-state index in [2.05, 4.69) is 9.62 Å². The number of methoxy groups -OCH3 is 1. The number of piperidine rings is 1. The second kappa shape index (κ2) is 5.99. The lowest BCUT2D eigenvalue weighted by Crippen LogP contribution is -2.37. The zero-order valence-corrected chi connectivity index (χ0v) is 12.6. The minimum Gasteiger partial charge on any atom is -0.397 e. The van der Waals surface area contributed by atoms with E-state index in [-0.39, 0.29) is 11.0 Å². The van der Waals surface area contributed by atoms with Gasteiger partial charge < -0.3 is 15.4 Å². The third kappa shape index (κ3) is 3.05. The van der Waals surface area contributed by atoms with Crippen LogP contribution in [0.5, 0.6) is 0 Å². The highest BCUT2D eigenvalue weighted by atomic mass is 32.2. The number of benzene rings is 1. The Hall–Kier alpha value is -1.31. The Balaban J connectivity index is 2.26. The lowest BCUT2D eigenvalue weighted by Gasteiger charge is -2.33. The molecule has 0 radical (unpaired) electrons. The molecule has 6 nitrogen and oxygen atoms in total. The molecular weight excluding hydrogens is 278 g/mol. The highest BCUT2D eigenvalue weighted by Gasteiger charge is 2.22. The molecule has 1 aliphatic rings. The molecule has 0 aromatic heterocycles. The number of ether oxygens (including phenoxy) is 1. The summed E-state index contributed by atoms with van der Waals surface area (Å²) in [6, 6.07) is 4.79. The maximum atomic E-state index is 11.9. The summed E-state index contributed by atoms with van der Waals surface area (Å²) in [5, 5.41) is 0. The number of nitrogen functional groups attached to an aromatic ring is 1. The van der Waals surface area contributed by atoms with Gasteiger partial charge in [-0.3, -0.25) is 0 Å². The fraction of sp³-hybridized carbons (Fsp3) is 0.538. The fourth-order valence-corrected chi connectivity index (χ4v) is 3.16. The van der Waals surface area contributed by atoms with E-state index in [1.165, 1.54) is 13.1 Å². The number of hydrogen-bond donors (Lipinski definition) is 2. The third-order valence-electron chi connectivity index (χ3n) is 3.70. The first-order valence-corrected chi connectivity index (χ1v) is 8.07. The highest BCUT2D eigenvalue weighted by Crippen LogP contribution is 2.29. The van der Waals surface area contributed by atoms with Crippen LogP contribution in [-0.2, 0) is 14.8 Å². The lowest BCUT2D eigenvalue weighted by atomic mass is 10.1. The van der Waals surface area contributed by atoms with Crippen molar-refractivity contribution in [3.8, 4) is 0 Å². The standard InChI is InChI=1S/C13H21N3O3S/c1-15-20(17,18)11-3-4-12(14)13(9-11)16-7-5-10(19-2)6-8-16/h3-4,9-10,15H,5-8,14H2,1-2H3. The van der Waals surface area contributed by atoms with Crippen LogP contribution in [-0.4, -0.2) is 41.8 Å². The topological polar surface area (TPSA) is 84.7 Å². The largest absolute Gasteiger partial charge is 0.397 e. The van der Waals surface area contributed by atoms with E-state index in [0.29, 0.717) is 5.69 Å². The molecular formula is C13H21N3O3S. The number of nitrogens with two attached hydrogens (primary N) is 1. The molecule has 7 heteroatoms. The first-order valence-electron chi connectivity index (χ1n) is 6.58. The van der Waals surface area contributed by atoms with Crippen LogP contribution in [0.1, 0.15) is 12.8 Å². The van der Waals surface area contributed by atoms with Crippen molar-refractivity contribution in [3.05, 3.63) is 18.2 Å². The van der Waals surface area contributed by atoms with Gasteiger partial charge in [-0.15, -0.1) is 0 Å². The number of nitrogens with one attached hydrogen (secondary N) is 1. The van der Waals surface area contributed by atoms with Crippen LogP contribution < -0.4 is 15.4 Å². The van der Waals surface area contributed by atoms with Crippen LogP contribution in [0.15, 0.2) is 23.1 Å². The summed E-state index contributed by atoms with van der Waals surface area (Å²) in [6.45, 7) is 1.62. The van der Waals surface area contributed by atoms with Crippen LogP contribution in [0.4, 0.5) is 11.4 Å². The Morgan fingerprint density at radius 3 is 2.55 bits per heavy atom. The number of hydrogen-bond acceptors (Lipinski definition) is 5. The van der Waals surface area contributed by atoms with Gasteiger partial charge in [-0.1, -0.05) is 0 Å². The van der Waals surface area contributed by atoms with Gasteiger partial charge >= 0.3 is 0 Å². The van der Waals surface area contributed by atoms with Crippen molar-refractivity contribution in [1.29, 1.82) is 0 Å². The van der Waals surface area contributed by atoms with E-state index >= 15 is 0 Å². The number of rotatable bonds is 4.